The Hall–Kier alpha value is -0.830. The highest BCUT2D eigenvalue weighted by Gasteiger charge is 2.34. The highest BCUT2D eigenvalue weighted by Crippen LogP contribution is 2.25. The summed E-state index contributed by atoms with van der Waals surface area (Å²) in [7, 11) is 1.91. The van der Waals surface area contributed by atoms with Crippen LogP contribution in [0.25, 0.3) is 0 Å². The average Bonchev–Trinajstić information content (AvgIpc) is 2.69. The summed E-state index contributed by atoms with van der Waals surface area (Å²) in [4.78, 5) is 14.8. The second-order valence-electron chi connectivity index (χ2n) is 5.70. The smallest absolute Gasteiger partial charge is 0.240 e. The summed E-state index contributed by atoms with van der Waals surface area (Å²) in [6.45, 7) is 3.14. The molecule has 1 fully saturated rings. The molecule has 1 aliphatic carbocycles. The predicted octanol–water partition coefficient (Wildman–Crippen LogP) is 2.33. The lowest BCUT2D eigenvalue weighted by Gasteiger charge is -2.33. The van der Waals surface area contributed by atoms with Crippen molar-refractivity contribution >= 4 is 5.91 Å². The molecule has 2 atom stereocenters. The van der Waals surface area contributed by atoms with Crippen LogP contribution in [0.2, 0.25) is 0 Å². The molecule has 0 aromatic heterocycles. The zero-order valence-electron chi connectivity index (χ0n) is 11.7. The van der Waals surface area contributed by atoms with Crippen molar-refractivity contribution in [3.05, 3.63) is 12.2 Å². The molecular weight excluding hydrogens is 224 g/mol. The molecule has 18 heavy (non-hydrogen) atoms. The maximum absolute atomic E-state index is 12.6. The quantitative estimate of drug-likeness (QED) is 0.763. The van der Waals surface area contributed by atoms with E-state index >= 15 is 0 Å². The third-order valence-electron chi connectivity index (χ3n) is 4.43. The van der Waals surface area contributed by atoms with E-state index in [1.54, 1.807) is 0 Å². The van der Waals surface area contributed by atoms with Gasteiger partial charge in [0.1, 0.15) is 0 Å². The van der Waals surface area contributed by atoms with Gasteiger partial charge < -0.3 is 10.2 Å². The van der Waals surface area contributed by atoms with Crippen molar-refractivity contribution < 1.29 is 4.79 Å². The van der Waals surface area contributed by atoms with Crippen LogP contribution in [-0.4, -0.2) is 36.5 Å². The second kappa shape index (κ2) is 6.37. The minimum atomic E-state index is 0.0173. The summed E-state index contributed by atoms with van der Waals surface area (Å²) < 4.78 is 0. The average molecular weight is 250 g/mol. The van der Waals surface area contributed by atoms with E-state index in [-0.39, 0.29) is 6.04 Å². The van der Waals surface area contributed by atoms with Gasteiger partial charge in [-0.1, -0.05) is 19.1 Å². The zero-order valence-corrected chi connectivity index (χ0v) is 11.7. The van der Waals surface area contributed by atoms with Gasteiger partial charge in [0.2, 0.25) is 5.91 Å². The molecule has 0 radical (unpaired) electrons. The predicted molar refractivity (Wildman–Crippen MR) is 74.4 cm³/mol. The van der Waals surface area contributed by atoms with Crippen molar-refractivity contribution in [2.24, 2.45) is 5.92 Å². The summed E-state index contributed by atoms with van der Waals surface area (Å²) in [5, 5.41) is 3.22. The Morgan fingerprint density at radius 2 is 1.89 bits per heavy atom. The highest BCUT2D eigenvalue weighted by atomic mass is 16.2. The van der Waals surface area contributed by atoms with E-state index in [0.29, 0.717) is 17.9 Å². The van der Waals surface area contributed by atoms with Gasteiger partial charge in [0.15, 0.2) is 0 Å². The summed E-state index contributed by atoms with van der Waals surface area (Å²) in [5.74, 6) is 0.783. The fourth-order valence-corrected chi connectivity index (χ4v) is 3.32. The van der Waals surface area contributed by atoms with Gasteiger partial charge in [-0.15, -0.1) is 0 Å². The monoisotopic (exact) mass is 250 g/mol. The van der Waals surface area contributed by atoms with Gasteiger partial charge in [-0.25, -0.2) is 0 Å². The first kappa shape index (κ1) is 13.6. The van der Waals surface area contributed by atoms with Gasteiger partial charge in [-0.2, -0.15) is 0 Å². The largest absolute Gasteiger partial charge is 0.338 e. The van der Waals surface area contributed by atoms with Gasteiger partial charge in [0.05, 0.1) is 6.04 Å². The van der Waals surface area contributed by atoms with Gasteiger partial charge in [-0.05, 0) is 51.5 Å². The summed E-state index contributed by atoms with van der Waals surface area (Å²) in [5.41, 5.74) is 0. The lowest BCUT2D eigenvalue weighted by Crippen LogP contribution is -2.50. The standard InChI is InChI=1S/C15H26N2O/c1-12-8-7-11-17(15(18)14(12)16-2)13-9-5-3-4-6-10-13/h3-4,12-14,16H,5-11H2,1-2H3. The van der Waals surface area contributed by atoms with E-state index in [4.69, 9.17) is 0 Å². The molecule has 3 heteroatoms. The molecule has 0 saturated carbocycles. The van der Waals surface area contributed by atoms with Crippen LogP contribution in [0.3, 0.4) is 0 Å². The van der Waals surface area contributed by atoms with E-state index in [2.05, 4.69) is 29.3 Å². The molecule has 1 amide bonds. The van der Waals surface area contributed by atoms with Crippen LogP contribution >= 0.6 is 0 Å². The molecule has 3 nitrogen and oxygen atoms in total. The number of likely N-dealkylation sites (N-methyl/N-ethyl adjacent to an activating group) is 1. The summed E-state index contributed by atoms with van der Waals surface area (Å²) in [6, 6.07) is 0.470. The summed E-state index contributed by atoms with van der Waals surface area (Å²) >= 11 is 0. The van der Waals surface area contributed by atoms with E-state index in [1.807, 2.05) is 7.05 Å². The Bertz CT molecular complexity index is 304. The molecule has 0 aromatic carbocycles. The fraction of sp³-hybridized carbons (Fsp3) is 0.800. The van der Waals surface area contributed by atoms with Gasteiger partial charge >= 0.3 is 0 Å². The maximum Gasteiger partial charge on any atom is 0.240 e. The zero-order chi connectivity index (χ0) is 13.0. The number of hydrogen-bond donors (Lipinski definition) is 1. The Morgan fingerprint density at radius 3 is 2.50 bits per heavy atom. The molecule has 0 bridgehead atoms. The number of nitrogens with one attached hydrogen (secondary N) is 1. The minimum absolute atomic E-state index is 0.0173. The van der Waals surface area contributed by atoms with Crippen molar-refractivity contribution in [2.45, 2.75) is 57.5 Å². The molecule has 102 valence electrons. The summed E-state index contributed by atoms with van der Waals surface area (Å²) in [6.07, 6.45) is 11.3. The first-order chi connectivity index (χ1) is 8.74. The second-order valence-corrected chi connectivity index (χ2v) is 5.70. The van der Waals surface area contributed by atoms with Gasteiger partial charge in [-0.3, -0.25) is 4.79 Å². The molecule has 0 aromatic rings. The van der Waals surface area contributed by atoms with E-state index in [9.17, 15) is 4.79 Å². The van der Waals surface area contributed by atoms with Crippen molar-refractivity contribution in [3.63, 3.8) is 0 Å². The minimum Gasteiger partial charge on any atom is -0.338 e. The number of allylic oxidation sites excluding steroid dienone is 2. The van der Waals surface area contributed by atoms with E-state index < -0.39 is 0 Å². The van der Waals surface area contributed by atoms with Crippen LogP contribution in [0.5, 0.6) is 0 Å². The molecule has 2 rings (SSSR count). The number of hydrogen-bond acceptors (Lipinski definition) is 2. The maximum atomic E-state index is 12.6. The van der Waals surface area contributed by atoms with Crippen LogP contribution in [0.15, 0.2) is 12.2 Å². The van der Waals surface area contributed by atoms with Crippen LogP contribution < -0.4 is 5.32 Å². The van der Waals surface area contributed by atoms with Crippen LogP contribution in [0.1, 0.15) is 45.4 Å². The first-order valence-electron chi connectivity index (χ1n) is 7.36. The molecule has 0 spiro atoms. The number of nitrogens with zero attached hydrogens (tertiary/aromatic N) is 1. The number of rotatable bonds is 2. The van der Waals surface area contributed by atoms with E-state index in [1.165, 1.54) is 0 Å². The van der Waals surface area contributed by atoms with E-state index in [0.717, 1.165) is 45.1 Å². The normalized spacial score (nSPS) is 31.2. The first-order valence-corrected chi connectivity index (χ1v) is 7.36. The fourth-order valence-electron chi connectivity index (χ4n) is 3.32. The lowest BCUT2D eigenvalue weighted by atomic mass is 9.97. The van der Waals surface area contributed by atoms with Crippen LogP contribution in [0, 0.1) is 5.92 Å². The molecule has 1 aliphatic heterocycles. The number of carbonyl (C=O) groups excluding carboxylic acids is 1. The molecule has 1 saturated heterocycles. The lowest BCUT2D eigenvalue weighted by molar-refractivity contribution is -0.136. The Labute approximate surface area is 111 Å². The Morgan fingerprint density at radius 1 is 1.22 bits per heavy atom. The van der Waals surface area contributed by atoms with Gasteiger partial charge in [0.25, 0.3) is 0 Å². The van der Waals surface area contributed by atoms with Crippen molar-refractivity contribution in [1.82, 2.24) is 10.2 Å². The van der Waals surface area contributed by atoms with Crippen molar-refractivity contribution in [1.29, 1.82) is 0 Å². The third kappa shape index (κ3) is 2.94. The Kier molecular flexibility index (Phi) is 4.81. The number of amides is 1. The van der Waals surface area contributed by atoms with Gasteiger partial charge in [0, 0.05) is 12.6 Å². The molecule has 2 unspecified atom stereocenters. The number of carbonyl (C=O) groups is 1. The molecule has 2 aliphatic rings. The Balaban J connectivity index is 2.08. The molecular formula is C15H26N2O. The SMILES string of the molecule is CNC1C(=O)N(C2CCC=CCC2)CCCC1C. The topological polar surface area (TPSA) is 32.3 Å². The molecule has 1 heterocycles. The number of likely N-dealkylation sites (tertiary alicyclic amines) is 1. The van der Waals surface area contributed by atoms with Crippen LogP contribution in [-0.2, 0) is 4.79 Å². The van der Waals surface area contributed by atoms with Crippen LogP contribution in [0.4, 0.5) is 0 Å². The highest BCUT2D eigenvalue weighted by molar-refractivity contribution is 5.82. The molecule has 1 N–H and O–H groups in total. The van der Waals surface area contributed by atoms with Crippen molar-refractivity contribution in [3.8, 4) is 0 Å². The van der Waals surface area contributed by atoms with Crippen molar-refractivity contribution in [2.75, 3.05) is 13.6 Å². The third-order valence-corrected chi connectivity index (χ3v) is 4.43.